The lowest BCUT2D eigenvalue weighted by atomic mass is 9.82. The monoisotopic (exact) mass is 254 g/mol. The Hall–Kier alpha value is -0.120. The third-order valence-electron chi connectivity index (χ3n) is 4.57. The fourth-order valence-electron chi connectivity index (χ4n) is 3.55. The Morgan fingerprint density at radius 2 is 2.17 bits per heavy atom. The summed E-state index contributed by atoms with van der Waals surface area (Å²) in [6.07, 6.45) is 8.15. The highest BCUT2D eigenvalue weighted by Gasteiger charge is 2.25. The molecule has 2 fully saturated rings. The van der Waals surface area contributed by atoms with Crippen LogP contribution in [0, 0.1) is 5.92 Å². The second kappa shape index (κ2) is 7.46. The zero-order valence-electron chi connectivity index (χ0n) is 12.1. The number of nitrogens with one attached hydrogen (secondary N) is 2. The Morgan fingerprint density at radius 3 is 2.89 bits per heavy atom. The van der Waals surface area contributed by atoms with Gasteiger partial charge in [0.25, 0.3) is 0 Å². The quantitative estimate of drug-likeness (QED) is 0.790. The van der Waals surface area contributed by atoms with Crippen molar-refractivity contribution in [2.24, 2.45) is 5.92 Å². The van der Waals surface area contributed by atoms with Crippen molar-refractivity contribution in [1.82, 2.24) is 10.6 Å². The number of hydrogen-bond donors (Lipinski definition) is 2. The molecule has 4 unspecified atom stereocenters. The van der Waals surface area contributed by atoms with E-state index in [1.165, 1.54) is 38.5 Å². The second-order valence-electron chi connectivity index (χ2n) is 6.09. The molecular weight excluding hydrogens is 224 g/mol. The maximum atomic E-state index is 5.52. The van der Waals surface area contributed by atoms with Gasteiger partial charge in [-0.2, -0.15) is 0 Å². The molecule has 1 aliphatic carbocycles. The van der Waals surface area contributed by atoms with E-state index in [1.807, 2.05) is 0 Å². The van der Waals surface area contributed by atoms with E-state index < -0.39 is 0 Å². The van der Waals surface area contributed by atoms with Crippen molar-refractivity contribution in [3.63, 3.8) is 0 Å². The molecule has 0 aromatic heterocycles. The highest BCUT2D eigenvalue weighted by molar-refractivity contribution is 4.84. The maximum Gasteiger partial charge on any atom is 0.0620 e. The minimum atomic E-state index is 0.546. The van der Waals surface area contributed by atoms with Crippen LogP contribution in [0.1, 0.15) is 52.4 Å². The molecule has 0 bridgehead atoms. The average Bonchev–Trinajstić information content (AvgIpc) is 2.40. The first kappa shape index (κ1) is 14.3. The van der Waals surface area contributed by atoms with Crippen molar-refractivity contribution in [3.05, 3.63) is 0 Å². The SMILES string of the molecule is CCC1CCCCC1NC(C)CC1COCCN1. The molecule has 106 valence electrons. The Bertz CT molecular complexity index is 229. The molecule has 1 heterocycles. The highest BCUT2D eigenvalue weighted by atomic mass is 16.5. The number of hydrogen-bond acceptors (Lipinski definition) is 3. The van der Waals surface area contributed by atoms with Crippen LogP contribution in [0.5, 0.6) is 0 Å². The molecule has 0 aromatic carbocycles. The average molecular weight is 254 g/mol. The Labute approximate surface area is 112 Å². The molecule has 0 radical (unpaired) electrons. The van der Waals surface area contributed by atoms with Crippen molar-refractivity contribution in [3.8, 4) is 0 Å². The van der Waals surface area contributed by atoms with Crippen LogP contribution >= 0.6 is 0 Å². The van der Waals surface area contributed by atoms with Gasteiger partial charge in [0.15, 0.2) is 0 Å². The van der Waals surface area contributed by atoms with Gasteiger partial charge >= 0.3 is 0 Å². The van der Waals surface area contributed by atoms with E-state index in [0.29, 0.717) is 12.1 Å². The van der Waals surface area contributed by atoms with Crippen molar-refractivity contribution in [1.29, 1.82) is 0 Å². The molecule has 0 amide bonds. The normalized spacial score (nSPS) is 35.3. The summed E-state index contributed by atoms with van der Waals surface area (Å²) in [5, 5.41) is 7.42. The van der Waals surface area contributed by atoms with E-state index >= 15 is 0 Å². The van der Waals surface area contributed by atoms with Crippen LogP contribution in [0.4, 0.5) is 0 Å². The number of rotatable bonds is 5. The van der Waals surface area contributed by atoms with Crippen LogP contribution in [0.25, 0.3) is 0 Å². The minimum Gasteiger partial charge on any atom is -0.379 e. The van der Waals surface area contributed by atoms with Crippen LogP contribution in [0.2, 0.25) is 0 Å². The highest BCUT2D eigenvalue weighted by Crippen LogP contribution is 2.27. The van der Waals surface area contributed by atoms with Crippen LogP contribution in [0.3, 0.4) is 0 Å². The van der Waals surface area contributed by atoms with Gasteiger partial charge in [0.05, 0.1) is 13.2 Å². The summed E-state index contributed by atoms with van der Waals surface area (Å²) in [7, 11) is 0. The van der Waals surface area contributed by atoms with Gasteiger partial charge in [0, 0.05) is 24.7 Å². The molecule has 3 heteroatoms. The molecule has 2 N–H and O–H groups in total. The minimum absolute atomic E-state index is 0.546. The summed E-state index contributed by atoms with van der Waals surface area (Å²) in [4.78, 5) is 0. The fraction of sp³-hybridized carbons (Fsp3) is 1.00. The van der Waals surface area contributed by atoms with Crippen LogP contribution in [-0.4, -0.2) is 37.9 Å². The Morgan fingerprint density at radius 1 is 1.33 bits per heavy atom. The smallest absolute Gasteiger partial charge is 0.0620 e. The first-order chi connectivity index (χ1) is 8.79. The number of morpholine rings is 1. The van der Waals surface area contributed by atoms with Gasteiger partial charge in [-0.15, -0.1) is 0 Å². The molecular formula is C15H30N2O. The van der Waals surface area contributed by atoms with E-state index in [4.69, 9.17) is 4.74 Å². The molecule has 1 saturated carbocycles. The van der Waals surface area contributed by atoms with E-state index in [0.717, 1.165) is 31.7 Å². The van der Waals surface area contributed by atoms with Crippen molar-refractivity contribution < 1.29 is 4.74 Å². The first-order valence-electron chi connectivity index (χ1n) is 7.86. The van der Waals surface area contributed by atoms with Crippen LogP contribution < -0.4 is 10.6 Å². The largest absolute Gasteiger partial charge is 0.379 e. The van der Waals surface area contributed by atoms with E-state index in [9.17, 15) is 0 Å². The van der Waals surface area contributed by atoms with Crippen molar-refractivity contribution in [2.45, 2.75) is 70.5 Å². The lowest BCUT2D eigenvalue weighted by Gasteiger charge is -2.35. The molecule has 0 spiro atoms. The molecule has 0 aromatic rings. The molecule has 2 aliphatic rings. The predicted octanol–water partition coefficient (Wildman–Crippen LogP) is 2.31. The Balaban J connectivity index is 1.73. The van der Waals surface area contributed by atoms with E-state index in [2.05, 4.69) is 24.5 Å². The van der Waals surface area contributed by atoms with Gasteiger partial charge in [-0.3, -0.25) is 0 Å². The first-order valence-corrected chi connectivity index (χ1v) is 7.86. The molecule has 3 nitrogen and oxygen atoms in total. The van der Waals surface area contributed by atoms with Gasteiger partial charge in [-0.25, -0.2) is 0 Å². The molecule has 2 rings (SSSR count). The summed E-state index contributed by atoms with van der Waals surface area (Å²) in [6.45, 7) is 7.44. The summed E-state index contributed by atoms with van der Waals surface area (Å²) >= 11 is 0. The van der Waals surface area contributed by atoms with Gasteiger partial charge in [-0.05, 0) is 32.1 Å². The van der Waals surface area contributed by atoms with Gasteiger partial charge in [0.1, 0.15) is 0 Å². The predicted molar refractivity (Wildman–Crippen MR) is 75.9 cm³/mol. The van der Waals surface area contributed by atoms with Crippen molar-refractivity contribution in [2.75, 3.05) is 19.8 Å². The zero-order valence-corrected chi connectivity index (χ0v) is 12.1. The topological polar surface area (TPSA) is 33.3 Å². The van der Waals surface area contributed by atoms with Crippen LogP contribution in [0.15, 0.2) is 0 Å². The summed E-state index contributed by atoms with van der Waals surface area (Å²) in [6, 6.07) is 1.90. The number of ether oxygens (including phenoxy) is 1. The summed E-state index contributed by atoms with van der Waals surface area (Å²) in [5.74, 6) is 0.900. The molecule has 1 saturated heterocycles. The van der Waals surface area contributed by atoms with Crippen molar-refractivity contribution >= 4 is 0 Å². The molecule has 1 aliphatic heterocycles. The Kier molecular flexibility index (Phi) is 5.93. The van der Waals surface area contributed by atoms with Gasteiger partial charge < -0.3 is 15.4 Å². The van der Waals surface area contributed by atoms with E-state index in [1.54, 1.807) is 0 Å². The summed E-state index contributed by atoms with van der Waals surface area (Å²) < 4.78 is 5.52. The third kappa shape index (κ3) is 4.22. The maximum absolute atomic E-state index is 5.52. The van der Waals surface area contributed by atoms with Gasteiger partial charge in [-0.1, -0.05) is 26.2 Å². The molecule has 4 atom stereocenters. The summed E-state index contributed by atoms with van der Waals surface area (Å²) in [5.41, 5.74) is 0. The third-order valence-corrected chi connectivity index (χ3v) is 4.57. The lowest BCUT2D eigenvalue weighted by Crippen LogP contribution is -2.48. The van der Waals surface area contributed by atoms with E-state index in [-0.39, 0.29) is 0 Å². The zero-order chi connectivity index (χ0) is 12.8. The van der Waals surface area contributed by atoms with Crippen LogP contribution in [-0.2, 0) is 4.74 Å². The fourth-order valence-corrected chi connectivity index (χ4v) is 3.55. The van der Waals surface area contributed by atoms with Gasteiger partial charge in [0.2, 0.25) is 0 Å². The standard InChI is InChI=1S/C15H30N2O/c1-3-13-6-4-5-7-15(13)17-12(2)10-14-11-18-9-8-16-14/h12-17H,3-11H2,1-2H3. The molecule has 18 heavy (non-hydrogen) atoms. The second-order valence-corrected chi connectivity index (χ2v) is 6.09. The lowest BCUT2D eigenvalue weighted by molar-refractivity contribution is 0.0698.